The lowest BCUT2D eigenvalue weighted by molar-refractivity contribution is -0.160. The number of piperidine rings is 1. The number of pyridine rings is 1. The second-order valence-corrected chi connectivity index (χ2v) is 12.1. The van der Waals surface area contributed by atoms with Gasteiger partial charge >= 0.3 is 5.97 Å². The van der Waals surface area contributed by atoms with E-state index in [9.17, 15) is 14.3 Å². The minimum absolute atomic E-state index is 0.205. The van der Waals surface area contributed by atoms with Crippen molar-refractivity contribution < 1.29 is 23.8 Å². The molecule has 1 saturated heterocycles. The molecule has 0 spiro atoms. The molecule has 0 radical (unpaired) electrons. The summed E-state index contributed by atoms with van der Waals surface area (Å²) in [4.78, 5) is 28.5. The topological polar surface area (TPSA) is 97.7 Å². The average Bonchev–Trinajstić information content (AvgIpc) is 2.88. The molecule has 9 heteroatoms. The summed E-state index contributed by atoms with van der Waals surface area (Å²) in [7, 11) is 0. The standard InChI is InChI=1S/C31H39FN4O4/c1-20-25(27(29(37)38)40-30(2,3)4)26(36-14-12-31(5,6)13-15-36)24(19-33-20)28-34-17-23(18-35-28)39-16-11-21-7-9-22(32)10-8-21/h7-10,17-19,27H,11-16H2,1-6H3,(H,37,38). The first-order chi connectivity index (χ1) is 18.8. The second-order valence-electron chi connectivity index (χ2n) is 12.1. The van der Waals surface area contributed by atoms with E-state index in [-0.39, 0.29) is 11.2 Å². The molecule has 1 fully saturated rings. The maximum Gasteiger partial charge on any atom is 0.337 e. The zero-order chi connectivity index (χ0) is 29.1. The molecule has 1 aliphatic heterocycles. The van der Waals surface area contributed by atoms with Gasteiger partial charge in [0, 0.05) is 37.0 Å². The van der Waals surface area contributed by atoms with E-state index in [1.165, 1.54) is 12.1 Å². The van der Waals surface area contributed by atoms with E-state index in [1.54, 1.807) is 30.7 Å². The highest BCUT2D eigenvalue weighted by Crippen LogP contribution is 2.42. The van der Waals surface area contributed by atoms with Crippen LogP contribution in [0.15, 0.2) is 42.9 Å². The van der Waals surface area contributed by atoms with E-state index in [4.69, 9.17) is 9.47 Å². The van der Waals surface area contributed by atoms with Crippen LogP contribution in [0.5, 0.6) is 5.75 Å². The number of carbonyl (C=O) groups is 1. The number of aromatic nitrogens is 3. The minimum atomic E-state index is -1.20. The number of anilines is 1. The van der Waals surface area contributed by atoms with Crippen molar-refractivity contribution in [1.29, 1.82) is 0 Å². The Hall–Kier alpha value is -3.59. The van der Waals surface area contributed by atoms with Gasteiger partial charge in [0.05, 0.1) is 35.9 Å². The molecule has 0 amide bonds. The SMILES string of the molecule is Cc1ncc(-c2ncc(OCCc3ccc(F)cc3)cn2)c(N2CCC(C)(C)CC2)c1C(OC(C)(C)C)C(=O)O. The molecule has 4 rings (SSSR count). The number of carboxylic acid groups (broad SMARTS) is 1. The van der Waals surface area contributed by atoms with E-state index < -0.39 is 17.7 Å². The van der Waals surface area contributed by atoms with Crippen LogP contribution in [0.1, 0.15) is 70.4 Å². The Kier molecular flexibility index (Phi) is 8.73. The molecule has 40 heavy (non-hydrogen) atoms. The van der Waals surface area contributed by atoms with Crippen LogP contribution in [0, 0.1) is 18.2 Å². The van der Waals surface area contributed by atoms with Gasteiger partial charge in [-0.2, -0.15) is 0 Å². The molecule has 1 N–H and O–H groups in total. The lowest BCUT2D eigenvalue weighted by Crippen LogP contribution is -2.39. The highest BCUT2D eigenvalue weighted by Gasteiger charge is 2.36. The number of hydrogen-bond donors (Lipinski definition) is 1. The number of aryl methyl sites for hydroxylation is 1. The van der Waals surface area contributed by atoms with Crippen LogP contribution in [0.4, 0.5) is 10.1 Å². The zero-order valence-corrected chi connectivity index (χ0v) is 24.2. The number of halogens is 1. The first-order valence-corrected chi connectivity index (χ1v) is 13.7. The molecule has 1 unspecified atom stereocenters. The van der Waals surface area contributed by atoms with Crippen molar-refractivity contribution in [2.45, 2.75) is 72.5 Å². The van der Waals surface area contributed by atoms with Crippen LogP contribution < -0.4 is 9.64 Å². The molecular weight excluding hydrogens is 511 g/mol. The van der Waals surface area contributed by atoms with Gasteiger partial charge in [-0.25, -0.2) is 19.2 Å². The maximum atomic E-state index is 13.1. The lowest BCUT2D eigenvalue weighted by atomic mass is 9.82. The Bertz CT molecular complexity index is 1310. The first-order valence-electron chi connectivity index (χ1n) is 13.7. The van der Waals surface area contributed by atoms with Crippen molar-refractivity contribution in [1.82, 2.24) is 15.0 Å². The zero-order valence-electron chi connectivity index (χ0n) is 24.2. The molecule has 0 bridgehead atoms. The predicted molar refractivity (Wildman–Crippen MR) is 152 cm³/mol. The fraction of sp³-hybridized carbons (Fsp3) is 0.484. The van der Waals surface area contributed by atoms with Gasteiger partial charge in [0.2, 0.25) is 0 Å². The number of aliphatic carboxylic acids is 1. The third-order valence-corrected chi connectivity index (χ3v) is 7.12. The highest BCUT2D eigenvalue weighted by molar-refractivity contribution is 5.84. The Morgan fingerprint density at radius 3 is 2.27 bits per heavy atom. The van der Waals surface area contributed by atoms with Crippen LogP contribution in [0.2, 0.25) is 0 Å². The molecule has 1 atom stereocenters. The van der Waals surface area contributed by atoms with Crippen molar-refractivity contribution in [3.05, 3.63) is 65.5 Å². The third-order valence-electron chi connectivity index (χ3n) is 7.12. The van der Waals surface area contributed by atoms with Crippen molar-refractivity contribution in [3.8, 4) is 17.1 Å². The van der Waals surface area contributed by atoms with Gasteiger partial charge in [0.15, 0.2) is 17.7 Å². The molecular formula is C31H39FN4O4. The maximum absolute atomic E-state index is 13.1. The van der Waals surface area contributed by atoms with Gasteiger partial charge in [-0.1, -0.05) is 26.0 Å². The average molecular weight is 551 g/mol. The fourth-order valence-electron chi connectivity index (χ4n) is 4.82. The number of rotatable bonds is 9. The lowest BCUT2D eigenvalue weighted by Gasteiger charge is -2.40. The van der Waals surface area contributed by atoms with Crippen LogP contribution in [0.3, 0.4) is 0 Å². The molecule has 214 valence electrons. The van der Waals surface area contributed by atoms with E-state index in [2.05, 4.69) is 33.7 Å². The van der Waals surface area contributed by atoms with Gasteiger partial charge in [0.1, 0.15) is 5.82 Å². The summed E-state index contributed by atoms with van der Waals surface area (Å²) in [5.41, 5.74) is 3.03. The van der Waals surface area contributed by atoms with E-state index in [1.807, 2.05) is 27.7 Å². The van der Waals surface area contributed by atoms with E-state index in [0.717, 1.165) is 37.2 Å². The Balaban J connectivity index is 1.67. The van der Waals surface area contributed by atoms with Crippen LogP contribution >= 0.6 is 0 Å². The first kappa shape index (κ1) is 29.4. The number of benzene rings is 1. The number of hydrogen-bond acceptors (Lipinski definition) is 7. The monoisotopic (exact) mass is 550 g/mol. The summed E-state index contributed by atoms with van der Waals surface area (Å²) >= 11 is 0. The Morgan fingerprint density at radius 1 is 1.07 bits per heavy atom. The fourth-order valence-corrected chi connectivity index (χ4v) is 4.82. The summed E-state index contributed by atoms with van der Waals surface area (Å²) in [6.45, 7) is 13.8. The van der Waals surface area contributed by atoms with E-state index >= 15 is 0 Å². The Morgan fingerprint density at radius 2 is 1.70 bits per heavy atom. The second kappa shape index (κ2) is 11.9. The van der Waals surface area contributed by atoms with Crippen LogP contribution in [0.25, 0.3) is 11.4 Å². The van der Waals surface area contributed by atoms with Crippen LogP contribution in [-0.4, -0.2) is 51.3 Å². The van der Waals surface area contributed by atoms with Crippen LogP contribution in [-0.2, 0) is 16.0 Å². The summed E-state index contributed by atoms with van der Waals surface area (Å²) in [6.07, 6.45) is 6.28. The molecule has 3 heterocycles. The van der Waals surface area contributed by atoms with Gasteiger partial charge in [-0.05, 0) is 63.6 Å². The van der Waals surface area contributed by atoms with Crippen molar-refractivity contribution in [3.63, 3.8) is 0 Å². The van der Waals surface area contributed by atoms with Crippen molar-refractivity contribution in [2.24, 2.45) is 5.41 Å². The molecule has 1 aromatic carbocycles. The summed E-state index contributed by atoms with van der Waals surface area (Å²) in [5, 5.41) is 10.3. The van der Waals surface area contributed by atoms with Gasteiger partial charge < -0.3 is 19.5 Å². The summed E-state index contributed by atoms with van der Waals surface area (Å²) < 4.78 is 25.1. The molecule has 3 aromatic rings. The van der Waals surface area contributed by atoms with E-state index in [0.29, 0.717) is 41.4 Å². The number of ether oxygens (including phenoxy) is 2. The quantitative estimate of drug-likeness (QED) is 0.338. The summed E-state index contributed by atoms with van der Waals surface area (Å²) in [5.74, 6) is -0.401. The van der Waals surface area contributed by atoms with Gasteiger partial charge in [-0.3, -0.25) is 4.98 Å². The Labute approximate surface area is 235 Å². The number of nitrogens with zero attached hydrogens (tertiary/aromatic N) is 4. The smallest absolute Gasteiger partial charge is 0.337 e. The summed E-state index contributed by atoms with van der Waals surface area (Å²) in [6, 6.07) is 6.33. The minimum Gasteiger partial charge on any atom is -0.490 e. The highest BCUT2D eigenvalue weighted by atomic mass is 19.1. The van der Waals surface area contributed by atoms with Crippen molar-refractivity contribution >= 4 is 11.7 Å². The molecule has 2 aromatic heterocycles. The normalized spacial score (nSPS) is 16.0. The van der Waals surface area contributed by atoms with Gasteiger partial charge in [-0.15, -0.1) is 0 Å². The molecule has 1 aliphatic rings. The molecule has 0 saturated carbocycles. The molecule has 0 aliphatic carbocycles. The predicted octanol–water partition coefficient (Wildman–Crippen LogP) is 6.17. The number of carboxylic acids is 1. The van der Waals surface area contributed by atoms with Gasteiger partial charge in [0.25, 0.3) is 0 Å². The van der Waals surface area contributed by atoms with Crippen molar-refractivity contribution in [2.75, 3.05) is 24.6 Å². The molecule has 8 nitrogen and oxygen atoms in total. The third kappa shape index (κ3) is 7.33. The largest absolute Gasteiger partial charge is 0.490 e.